The van der Waals surface area contributed by atoms with Crippen LogP contribution in [0.15, 0.2) is 42.9 Å². The van der Waals surface area contributed by atoms with Crippen molar-refractivity contribution in [3.8, 4) is 5.69 Å². The van der Waals surface area contributed by atoms with E-state index >= 15 is 0 Å². The molecule has 0 amide bonds. The quantitative estimate of drug-likeness (QED) is 0.606. The smallest absolute Gasteiger partial charge is 1.00 e. The number of rotatable bonds is 2. The first-order chi connectivity index (χ1) is 6.77. The van der Waals surface area contributed by atoms with Gasteiger partial charge in [0, 0.05) is 11.9 Å². The van der Waals surface area contributed by atoms with Gasteiger partial charge in [0.2, 0.25) is 0 Å². The number of para-hydroxylation sites is 1. The fourth-order valence-corrected chi connectivity index (χ4v) is 1.17. The Balaban J connectivity index is 0.00000112. The topological polar surface area (TPSA) is 55.1 Å². The zero-order valence-electron chi connectivity index (χ0n) is 9.29. The van der Waals surface area contributed by atoms with Gasteiger partial charge in [0.05, 0.1) is 0 Å². The number of carboxylic acid groups (broad SMARTS) is 1. The van der Waals surface area contributed by atoms with Crippen LogP contribution in [0.5, 0.6) is 0 Å². The van der Waals surface area contributed by atoms with E-state index in [2.05, 4.69) is 4.98 Å². The Morgan fingerprint density at radius 3 is 2.53 bits per heavy atom. The molecule has 0 saturated carbocycles. The van der Waals surface area contributed by atoms with Crippen LogP contribution in [0.1, 0.15) is 11.9 Å². The van der Waals surface area contributed by atoms with E-state index < -0.39 is 5.97 Å². The minimum absolute atomic E-state index is 0. The summed E-state index contributed by atoms with van der Waals surface area (Å²) in [4.78, 5) is 14.3. The van der Waals surface area contributed by atoms with Crippen molar-refractivity contribution < 1.29 is 30.2 Å². The molecule has 0 aliphatic rings. The zero-order valence-corrected chi connectivity index (χ0v) is 8.29. The number of imidazole rings is 1. The van der Waals surface area contributed by atoms with Gasteiger partial charge < -0.3 is 11.1 Å². The summed E-state index contributed by atoms with van der Waals surface area (Å²) in [5, 5.41) is 8.67. The van der Waals surface area contributed by atoms with Gasteiger partial charge in [-0.1, -0.05) is 18.2 Å². The molecule has 1 aromatic heterocycles. The van der Waals surface area contributed by atoms with Crippen LogP contribution in [0, 0.1) is 0 Å². The van der Waals surface area contributed by atoms with E-state index in [1.807, 2.05) is 30.3 Å². The van der Waals surface area contributed by atoms with Crippen molar-refractivity contribution in [2.45, 2.75) is 0 Å². The van der Waals surface area contributed by atoms with Crippen LogP contribution < -0.4 is 18.9 Å². The Labute approximate surface area is 100 Å². The molecule has 1 heterocycles. The summed E-state index contributed by atoms with van der Waals surface area (Å²) in [7, 11) is 0. The molecule has 15 heavy (non-hydrogen) atoms. The van der Waals surface area contributed by atoms with Crippen molar-refractivity contribution in [2.75, 3.05) is 0 Å². The van der Waals surface area contributed by atoms with Gasteiger partial charge in [-0.2, -0.15) is 0 Å². The fourth-order valence-electron chi connectivity index (χ4n) is 1.17. The molecule has 0 saturated heterocycles. The molecule has 0 unspecified atom stereocenters. The van der Waals surface area contributed by atoms with E-state index in [-0.39, 0.29) is 26.0 Å². The number of aromatic carboxylic acids is 1. The van der Waals surface area contributed by atoms with Crippen LogP contribution in [0.3, 0.4) is 0 Å². The number of carboxylic acids is 1. The number of nitrogens with zero attached hydrogens (tertiary/aromatic N) is 2. The molecule has 5 heteroatoms. The number of benzene rings is 1. The van der Waals surface area contributed by atoms with Gasteiger partial charge in [0.25, 0.3) is 0 Å². The van der Waals surface area contributed by atoms with Crippen LogP contribution in [-0.2, 0) is 0 Å². The summed E-state index contributed by atoms with van der Waals surface area (Å²) in [5.74, 6) is -1.01. The average molecular weight is 196 g/mol. The molecule has 1 aromatic carbocycles. The first kappa shape index (κ1) is 11.6. The summed E-state index contributed by atoms with van der Waals surface area (Å²) in [6.07, 6.45) is 2.97. The average Bonchev–Trinajstić information content (AvgIpc) is 2.68. The first-order valence-corrected chi connectivity index (χ1v) is 4.10. The second-order valence-corrected chi connectivity index (χ2v) is 2.81. The molecule has 0 aliphatic carbocycles. The zero-order chi connectivity index (χ0) is 9.97. The van der Waals surface area contributed by atoms with Crippen molar-refractivity contribution in [1.29, 1.82) is 0 Å². The molecule has 1 N–H and O–H groups in total. The minimum atomic E-state index is -1.01. The Morgan fingerprint density at radius 2 is 2.00 bits per heavy atom. The third kappa shape index (κ3) is 2.49. The Hall–Kier alpha value is -1.50. The predicted octanol–water partition coefficient (Wildman–Crippen LogP) is -1.31. The fraction of sp³-hybridized carbons (Fsp3) is 0. The Kier molecular flexibility index (Phi) is 3.72. The van der Waals surface area contributed by atoms with Crippen molar-refractivity contribution in [3.63, 3.8) is 0 Å². The summed E-state index contributed by atoms with van der Waals surface area (Å²) in [5.41, 5.74) is 0.946. The van der Waals surface area contributed by atoms with Crippen LogP contribution in [-0.4, -0.2) is 20.6 Å². The molecule has 72 valence electrons. The second-order valence-electron chi connectivity index (χ2n) is 2.81. The van der Waals surface area contributed by atoms with E-state index in [0.717, 1.165) is 5.69 Å². The maximum absolute atomic E-state index is 10.6. The number of hydrogen-bond acceptors (Lipinski definition) is 2. The molecule has 0 spiro atoms. The van der Waals surface area contributed by atoms with Gasteiger partial charge >= 0.3 is 24.8 Å². The van der Waals surface area contributed by atoms with E-state index in [9.17, 15) is 4.79 Å². The molecule has 2 rings (SSSR count). The summed E-state index contributed by atoms with van der Waals surface area (Å²) >= 11 is 0. The normalized spacial score (nSPS) is 9.33. The molecule has 0 aliphatic heterocycles. The Bertz CT molecular complexity index is 459. The monoisotopic (exact) mass is 196 g/mol. The number of carbonyl (C=O) groups is 1. The number of hydrogen-bond donors (Lipinski definition) is 1. The molecule has 4 nitrogen and oxygen atoms in total. The summed E-state index contributed by atoms with van der Waals surface area (Å²) in [6.45, 7) is 0. The Morgan fingerprint density at radius 1 is 1.33 bits per heavy atom. The van der Waals surface area contributed by atoms with E-state index in [1.165, 1.54) is 12.5 Å². The third-order valence-electron chi connectivity index (χ3n) is 1.86. The van der Waals surface area contributed by atoms with Gasteiger partial charge in [-0.05, 0) is 12.1 Å². The molecule has 0 fully saturated rings. The standard InChI is InChI=1S/C10H8N2O2.Li.H/c13-10(14)9-6-12(7-11-9)8-4-2-1-3-5-8;;/h1-7H,(H,13,14);;/q;+1;-1. The SMILES string of the molecule is O=C(O)c1cn(-c2ccccc2)cn1.[H-].[Li+]. The third-order valence-corrected chi connectivity index (χ3v) is 1.86. The van der Waals surface area contributed by atoms with Gasteiger partial charge in [0.1, 0.15) is 6.33 Å². The van der Waals surface area contributed by atoms with E-state index in [0.29, 0.717) is 0 Å². The van der Waals surface area contributed by atoms with Gasteiger partial charge in [-0.25, -0.2) is 9.78 Å². The van der Waals surface area contributed by atoms with Crippen molar-refractivity contribution >= 4 is 5.97 Å². The summed E-state index contributed by atoms with van der Waals surface area (Å²) in [6, 6.07) is 9.44. The minimum Gasteiger partial charge on any atom is -1.00 e. The van der Waals surface area contributed by atoms with E-state index in [1.54, 1.807) is 4.57 Å². The first-order valence-electron chi connectivity index (χ1n) is 4.10. The molecule has 0 atom stereocenters. The van der Waals surface area contributed by atoms with Crippen molar-refractivity contribution in [2.24, 2.45) is 0 Å². The maximum atomic E-state index is 10.6. The van der Waals surface area contributed by atoms with Crippen LogP contribution in [0.2, 0.25) is 0 Å². The van der Waals surface area contributed by atoms with Gasteiger partial charge in [0.15, 0.2) is 5.69 Å². The molecular formula is C10H9LiN2O2. The second kappa shape index (κ2) is 4.83. The van der Waals surface area contributed by atoms with Crippen molar-refractivity contribution in [1.82, 2.24) is 9.55 Å². The summed E-state index contributed by atoms with van der Waals surface area (Å²) < 4.78 is 1.67. The van der Waals surface area contributed by atoms with Crippen LogP contribution in [0.4, 0.5) is 0 Å². The molecule has 0 bridgehead atoms. The van der Waals surface area contributed by atoms with E-state index in [4.69, 9.17) is 5.11 Å². The van der Waals surface area contributed by atoms with Gasteiger partial charge in [-0.15, -0.1) is 0 Å². The molecular weight excluding hydrogens is 187 g/mol. The molecule has 2 aromatic rings. The number of aromatic nitrogens is 2. The maximum Gasteiger partial charge on any atom is 1.00 e. The van der Waals surface area contributed by atoms with Crippen molar-refractivity contribution in [3.05, 3.63) is 48.5 Å². The molecule has 0 radical (unpaired) electrons. The van der Waals surface area contributed by atoms with Crippen LogP contribution in [0.25, 0.3) is 5.69 Å². The van der Waals surface area contributed by atoms with Gasteiger partial charge in [-0.3, -0.25) is 0 Å². The predicted molar refractivity (Wildman–Crippen MR) is 51.6 cm³/mol. The van der Waals surface area contributed by atoms with Crippen LogP contribution >= 0.6 is 0 Å². The largest absolute Gasteiger partial charge is 1.00 e.